The van der Waals surface area contributed by atoms with Gasteiger partial charge in [0.05, 0.1) is 17.8 Å². The van der Waals surface area contributed by atoms with Crippen molar-refractivity contribution in [2.45, 2.75) is 44.9 Å². The molecule has 0 spiro atoms. The fourth-order valence-electron chi connectivity index (χ4n) is 4.49. The highest BCUT2D eigenvalue weighted by Crippen LogP contribution is 2.37. The molecule has 0 bridgehead atoms. The first-order valence-electron chi connectivity index (χ1n) is 10.5. The van der Waals surface area contributed by atoms with E-state index in [4.69, 9.17) is 21.3 Å². The maximum atomic E-state index is 12.5. The van der Waals surface area contributed by atoms with Crippen molar-refractivity contribution in [3.8, 4) is 0 Å². The summed E-state index contributed by atoms with van der Waals surface area (Å²) in [5.41, 5.74) is 4.31. The lowest BCUT2D eigenvalue weighted by atomic mass is 9.95. The smallest absolute Gasteiger partial charge is 0.410 e. The zero-order chi connectivity index (χ0) is 22.1. The molecule has 2 aromatic rings. The van der Waals surface area contributed by atoms with Crippen LogP contribution in [0.2, 0.25) is 5.02 Å². The quantitative estimate of drug-likeness (QED) is 0.781. The summed E-state index contributed by atoms with van der Waals surface area (Å²) in [5.74, 6) is -1.04. The van der Waals surface area contributed by atoms with Gasteiger partial charge in [-0.05, 0) is 61.6 Å². The third kappa shape index (κ3) is 4.38. The van der Waals surface area contributed by atoms with Crippen LogP contribution in [0.3, 0.4) is 0 Å². The van der Waals surface area contributed by atoms with Crippen molar-refractivity contribution >= 4 is 23.7 Å². The number of hydrogen-bond acceptors (Lipinski definition) is 5. The number of aromatic nitrogens is 1. The van der Waals surface area contributed by atoms with Crippen molar-refractivity contribution in [2.24, 2.45) is 0 Å². The Morgan fingerprint density at radius 1 is 1.19 bits per heavy atom. The van der Waals surface area contributed by atoms with Crippen LogP contribution in [0.1, 0.15) is 42.3 Å². The van der Waals surface area contributed by atoms with Gasteiger partial charge in [-0.15, -0.1) is 0 Å². The van der Waals surface area contributed by atoms with E-state index < -0.39 is 18.1 Å². The maximum absolute atomic E-state index is 12.5. The molecule has 1 aromatic heterocycles. The van der Waals surface area contributed by atoms with Crippen molar-refractivity contribution in [2.75, 3.05) is 19.6 Å². The van der Waals surface area contributed by atoms with E-state index in [0.29, 0.717) is 11.6 Å². The van der Waals surface area contributed by atoms with Crippen LogP contribution < -0.4 is 0 Å². The van der Waals surface area contributed by atoms with E-state index in [9.17, 15) is 14.7 Å². The molecule has 1 fully saturated rings. The predicted octanol–water partition coefficient (Wildman–Crippen LogP) is 3.54. The molecule has 164 valence electrons. The van der Waals surface area contributed by atoms with Crippen LogP contribution in [-0.2, 0) is 22.4 Å². The Bertz CT molecular complexity index is 997. The Hall–Kier alpha value is -2.64. The van der Waals surface area contributed by atoms with Crippen molar-refractivity contribution in [3.63, 3.8) is 0 Å². The zero-order valence-corrected chi connectivity index (χ0v) is 18.4. The molecule has 31 heavy (non-hydrogen) atoms. The van der Waals surface area contributed by atoms with Gasteiger partial charge in [0.2, 0.25) is 0 Å². The molecular weight excluding hydrogens is 418 g/mol. The summed E-state index contributed by atoms with van der Waals surface area (Å²) in [6.07, 6.45) is 2.56. The number of carboxylic acids is 1. The van der Waals surface area contributed by atoms with Gasteiger partial charge in [0.25, 0.3) is 0 Å². The molecule has 4 rings (SSSR count). The van der Waals surface area contributed by atoms with Crippen LogP contribution in [0.25, 0.3) is 0 Å². The normalized spacial score (nSPS) is 21.2. The summed E-state index contributed by atoms with van der Waals surface area (Å²) in [6, 6.07) is 8.68. The van der Waals surface area contributed by atoms with E-state index in [1.165, 1.54) is 4.90 Å². The molecule has 2 heterocycles. The monoisotopic (exact) mass is 443 g/mol. The molecule has 1 saturated heterocycles. The molecule has 1 amide bonds. The van der Waals surface area contributed by atoms with Crippen LogP contribution in [0.4, 0.5) is 4.79 Å². The largest absolute Gasteiger partial charge is 0.480 e. The molecule has 0 saturated carbocycles. The highest BCUT2D eigenvalue weighted by molar-refractivity contribution is 6.30. The average Bonchev–Trinajstić information content (AvgIpc) is 2.89. The van der Waals surface area contributed by atoms with E-state index in [1.54, 1.807) is 20.0 Å². The molecular formula is C23H26ClN3O4. The van der Waals surface area contributed by atoms with Gasteiger partial charge in [-0.3, -0.25) is 14.8 Å². The van der Waals surface area contributed by atoms with Crippen molar-refractivity contribution in [3.05, 3.63) is 63.9 Å². The number of piperazine rings is 1. The Morgan fingerprint density at radius 2 is 1.97 bits per heavy atom. The number of fused-ring (bicyclic) bond motifs is 2. The molecule has 8 heteroatoms. The Balaban J connectivity index is 1.71. The first kappa shape index (κ1) is 21.6. The molecule has 7 nitrogen and oxygen atoms in total. The first-order valence-corrected chi connectivity index (χ1v) is 10.9. The topological polar surface area (TPSA) is 83.0 Å². The highest BCUT2D eigenvalue weighted by atomic mass is 35.5. The Kier molecular flexibility index (Phi) is 6.16. The second-order valence-corrected chi connectivity index (χ2v) is 8.70. The van der Waals surface area contributed by atoms with Gasteiger partial charge in [0.1, 0.15) is 6.04 Å². The number of aliphatic carboxylic acids is 1. The van der Waals surface area contributed by atoms with E-state index in [-0.39, 0.29) is 25.2 Å². The van der Waals surface area contributed by atoms with Crippen molar-refractivity contribution < 1.29 is 19.4 Å². The lowest BCUT2D eigenvalue weighted by Gasteiger charge is -2.42. The third-order valence-corrected chi connectivity index (χ3v) is 6.12. The van der Waals surface area contributed by atoms with Gasteiger partial charge in [-0.1, -0.05) is 23.7 Å². The summed E-state index contributed by atoms with van der Waals surface area (Å²) in [5, 5.41) is 10.6. The van der Waals surface area contributed by atoms with Crippen LogP contribution in [-0.4, -0.2) is 63.7 Å². The third-order valence-electron chi connectivity index (χ3n) is 5.88. The van der Waals surface area contributed by atoms with Gasteiger partial charge in [0.15, 0.2) is 0 Å². The summed E-state index contributed by atoms with van der Waals surface area (Å²) in [6.45, 7) is 4.47. The lowest BCUT2D eigenvalue weighted by molar-refractivity contribution is -0.145. The number of amides is 1. The first-order chi connectivity index (χ1) is 14.8. The number of hydrogen-bond donors (Lipinski definition) is 1. The molecule has 2 atom stereocenters. The lowest BCUT2D eigenvalue weighted by Crippen LogP contribution is -2.59. The number of rotatable bonds is 3. The van der Waals surface area contributed by atoms with Gasteiger partial charge < -0.3 is 9.84 Å². The summed E-state index contributed by atoms with van der Waals surface area (Å²) in [7, 11) is 0. The number of benzene rings is 1. The SMILES string of the molecule is CC(C)OC(=O)N1CCN(C2c3ccc(Cl)cc3CCc3cccnc32)C[C@@H]1C(=O)O. The van der Waals surface area contributed by atoms with Crippen LogP contribution in [0.5, 0.6) is 0 Å². The second-order valence-electron chi connectivity index (χ2n) is 8.27. The summed E-state index contributed by atoms with van der Waals surface area (Å²) >= 11 is 6.27. The molecule has 1 aliphatic heterocycles. The minimum atomic E-state index is -1.04. The number of carbonyl (C=O) groups is 2. The predicted molar refractivity (Wildman–Crippen MR) is 116 cm³/mol. The average molecular weight is 444 g/mol. The molecule has 1 unspecified atom stereocenters. The van der Waals surface area contributed by atoms with Crippen LogP contribution in [0, 0.1) is 0 Å². The van der Waals surface area contributed by atoms with Crippen LogP contribution in [0.15, 0.2) is 36.5 Å². The fraction of sp³-hybridized carbons (Fsp3) is 0.435. The zero-order valence-electron chi connectivity index (χ0n) is 17.6. The maximum Gasteiger partial charge on any atom is 0.410 e. The number of pyridine rings is 1. The molecule has 0 radical (unpaired) electrons. The number of ether oxygens (including phenoxy) is 1. The minimum absolute atomic E-state index is 0.186. The number of aryl methyl sites for hydroxylation is 2. The van der Waals surface area contributed by atoms with Crippen molar-refractivity contribution in [1.29, 1.82) is 0 Å². The minimum Gasteiger partial charge on any atom is -0.480 e. The van der Waals surface area contributed by atoms with E-state index in [1.807, 2.05) is 24.3 Å². The van der Waals surface area contributed by atoms with Gasteiger partial charge >= 0.3 is 12.1 Å². The van der Waals surface area contributed by atoms with Crippen LogP contribution >= 0.6 is 11.6 Å². The van der Waals surface area contributed by atoms with E-state index >= 15 is 0 Å². The second kappa shape index (κ2) is 8.85. The molecule has 1 aliphatic carbocycles. The van der Waals surface area contributed by atoms with Gasteiger partial charge in [-0.25, -0.2) is 9.59 Å². The summed E-state index contributed by atoms with van der Waals surface area (Å²) < 4.78 is 5.27. The highest BCUT2D eigenvalue weighted by Gasteiger charge is 2.41. The Morgan fingerprint density at radius 3 is 2.71 bits per heavy atom. The Labute approximate surface area is 186 Å². The number of nitrogens with zero attached hydrogens (tertiary/aromatic N) is 3. The molecule has 1 aromatic carbocycles. The number of carbonyl (C=O) groups excluding carboxylic acids is 1. The number of carboxylic acid groups (broad SMARTS) is 1. The summed E-state index contributed by atoms with van der Waals surface area (Å²) in [4.78, 5) is 32.7. The molecule has 1 N–H and O–H groups in total. The van der Waals surface area contributed by atoms with E-state index in [2.05, 4.69) is 11.0 Å². The van der Waals surface area contributed by atoms with Crippen molar-refractivity contribution in [1.82, 2.24) is 14.8 Å². The molecule has 2 aliphatic rings. The van der Waals surface area contributed by atoms with Gasteiger partial charge in [0, 0.05) is 30.9 Å². The number of halogens is 1. The fourth-order valence-corrected chi connectivity index (χ4v) is 4.68. The standard InChI is InChI=1S/C23H26ClN3O4/c1-14(2)31-23(30)27-11-10-26(13-19(27)22(28)29)21-18-8-7-17(24)12-16(18)6-5-15-4-3-9-25-20(15)21/h3-4,7-9,12,14,19,21H,5-6,10-11,13H2,1-2H3,(H,28,29)/t19-,21?/m1/s1. The van der Waals surface area contributed by atoms with E-state index in [0.717, 1.165) is 35.2 Å². The van der Waals surface area contributed by atoms with Gasteiger partial charge in [-0.2, -0.15) is 0 Å².